The van der Waals surface area contributed by atoms with Gasteiger partial charge in [0.15, 0.2) is 0 Å². The van der Waals surface area contributed by atoms with Gasteiger partial charge < -0.3 is 4.74 Å². The Balaban J connectivity index is 2.36. The van der Waals surface area contributed by atoms with E-state index in [0.29, 0.717) is 10.2 Å². The maximum Gasteiger partial charge on any atom is 0.244 e. The number of sulfonamides is 1. The van der Waals surface area contributed by atoms with Crippen molar-refractivity contribution in [2.24, 2.45) is 0 Å². The van der Waals surface area contributed by atoms with E-state index in [1.165, 1.54) is 7.11 Å². The van der Waals surface area contributed by atoms with E-state index in [1.54, 1.807) is 18.2 Å². The highest BCUT2D eigenvalue weighted by Crippen LogP contribution is 2.33. The number of methoxy groups -OCH3 is 1. The first-order valence-corrected chi connectivity index (χ1v) is 8.51. The summed E-state index contributed by atoms with van der Waals surface area (Å²) in [6.45, 7) is 1.96. The molecule has 1 aliphatic rings. The highest BCUT2D eigenvalue weighted by molar-refractivity contribution is 9.10. The SMILES string of the molecule is COc1ccc(Br)cc1S(=O)(=O)NC1(C)CCCC1. The fourth-order valence-corrected chi connectivity index (χ4v) is 4.67. The molecule has 0 aromatic heterocycles. The predicted molar refractivity (Wildman–Crippen MR) is 77.9 cm³/mol. The molecule has 0 unspecified atom stereocenters. The van der Waals surface area contributed by atoms with Crippen LogP contribution in [-0.2, 0) is 10.0 Å². The van der Waals surface area contributed by atoms with Gasteiger partial charge in [0.2, 0.25) is 10.0 Å². The van der Waals surface area contributed by atoms with Gasteiger partial charge in [0, 0.05) is 10.0 Å². The average molecular weight is 348 g/mol. The van der Waals surface area contributed by atoms with Crippen LogP contribution < -0.4 is 9.46 Å². The summed E-state index contributed by atoms with van der Waals surface area (Å²) >= 11 is 3.30. The number of rotatable bonds is 4. The second-order valence-electron chi connectivity index (χ2n) is 5.17. The van der Waals surface area contributed by atoms with Crippen LogP contribution in [-0.4, -0.2) is 21.1 Å². The first-order valence-electron chi connectivity index (χ1n) is 6.24. The molecule has 1 aromatic rings. The Morgan fingerprint density at radius 1 is 1.32 bits per heavy atom. The number of hydrogen-bond acceptors (Lipinski definition) is 3. The molecule has 2 rings (SSSR count). The van der Waals surface area contributed by atoms with E-state index in [1.807, 2.05) is 6.92 Å². The number of nitrogens with one attached hydrogen (secondary N) is 1. The zero-order valence-corrected chi connectivity index (χ0v) is 13.5. The normalized spacial score (nSPS) is 18.5. The number of hydrogen-bond donors (Lipinski definition) is 1. The molecule has 0 heterocycles. The van der Waals surface area contributed by atoms with E-state index in [-0.39, 0.29) is 10.4 Å². The van der Waals surface area contributed by atoms with Gasteiger partial charge in [0.1, 0.15) is 10.6 Å². The summed E-state index contributed by atoms with van der Waals surface area (Å²) in [5.74, 6) is 0.359. The minimum Gasteiger partial charge on any atom is -0.495 e. The quantitative estimate of drug-likeness (QED) is 0.910. The standard InChI is InChI=1S/C13H18BrNO3S/c1-13(7-3-4-8-13)15-19(16,17)12-9-10(14)5-6-11(12)18-2/h5-6,9,15H,3-4,7-8H2,1-2H3. The van der Waals surface area contributed by atoms with Crippen LogP contribution in [0.15, 0.2) is 27.6 Å². The molecular formula is C13H18BrNO3S. The molecule has 0 saturated heterocycles. The predicted octanol–water partition coefficient (Wildman–Crippen LogP) is 3.07. The molecule has 0 bridgehead atoms. The topological polar surface area (TPSA) is 55.4 Å². The van der Waals surface area contributed by atoms with Gasteiger partial charge >= 0.3 is 0 Å². The monoisotopic (exact) mass is 347 g/mol. The van der Waals surface area contributed by atoms with Crippen LogP contribution in [0.4, 0.5) is 0 Å². The molecule has 0 amide bonds. The molecule has 0 radical (unpaired) electrons. The lowest BCUT2D eigenvalue weighted by Crippen LogP contribution is -2.43. The van der Waals surface area contributed by atoms with Gasteiger partial charge in [-0.25, -0.2) is 13.1 Å². The van der Waals surface area contributed by atoms with E-state index in [2.05, 4.69) is 20.7 Å². The van der Waals surface area contributed by atoms with Crippen LogP contribution >= 0.6 is 15.9 Å². The molecule has 106 valence electrons. The van der Waals surface area contributed by atoms with E-state index in [9.17, 15) is 8.42 Å². The zero-order chi connectivity index (χ0) is 14.1. The molecule has 1 fully saturated rings. The van der Waals surface area contributed by atoms with Gasteiger partial charge in [-0.1, -0.05) is 28.8 Å². The Labute approximate surface area is 122 Å². The van der Waals surface area contributed by atoms with Crippen molar-refractivity contribution in [2.45, 2.75) is 43.0 Å². The Morgan fingerprint density at radius 3 is 2.53 bits per heavy atom. The summed E-state index contributed by atoms with van der Waals surface area (Å²) in [5, 5.41) is 0. The highest BCUT2D eigenvalue weighted by atomic mass is 79.9. The Morgan fingerprint density at radius 2 is 1.95 bits per heavy atom. The van der Waals surface area contributed by atoms with Gasteiger partial charge in [-0.2, -0.15) is 0 Å². The third-order valence-electron chi connectivity index (χ3n) is 3.50. The van der Waals surface area contributed by atoms with Crippen molar-refractivity contribution in [2.75, 3.05) is 7.11 Å². The van der Waals surface area contributed by atoms with Gasteiger partial charge in [0.25, 0.3) is 0 Å². The molecule has 0 aliphatic heterocycles. The smallest absolute Gasteiger partial charge is 0.244 e. The van der Waals surface area contributed by atoms with Crippen LogP contribution in [0.1, 0.15) is 32.6 Å². The fraction of sp³-hybridized carbons (Fsp3) is 0.538. The Hall–Kier alpha value is -0.590. The molecule has 1 saturated carbocycles. The molecule has 6 heteroatoms. The van der Waals surface area contributed by atoms with Crippen LogP contribution in [0.25, 0.3) is 0 Å². The lowest BCUT2D eigenvalue weighted by atomic mass is 10.0. The molecule has 1 aliphatic carbocycles. The molecule has 1 aromatic carbocycles. The summed E-state index contributed by atoms with van der Waals surface area (Å²) in [6, 6.07) is 4.98. The van der Waals surface area contributed by atoms with E-state index < -0.39 is 10.0 Å². The van der Waals surface area contributed by atoms with Crippen LogP contribution in [0.5, 0.6) is 5.75 Å². The van der Waals surface area contributed by atoms with E-state index >= 15 is 0 Å². The van der Waals surface area contributed by atoms with E-state index in [4.69, 9.17) is 4.74 Å². The number of benzene rings is 1. The molecule has 0 atom stereocenters. The zero-order valence-electron chi connectivity index (χ0n) is 11.1. The summed E-state index contributed by atoms with van der Waals surface area (Å²) in [4.78, 5) is 0.178. The van der Waals surface area contributed by atoms with Crippen molar-refractivity contribution in [3.05, 3.63) is 22.7 Å². The first-order chi connectivity index (χ1) is 8.86. The first kappa shape index (κ1) is 14.8. The molecule has 1 N–H and O–H groups in total. The second-order valence-corrected chi connectivity index (χ2v) is 7.73. The van der Waals surface area contributed by atoms with Crippen molar-refractivity contribution in [1.82, 2.24) is 4.72 Å². The maximum atomic E-state index is 12.5. The summed E-state index contributed by atoms with van der Waals surface area (Å²) in [7, 11) is -2.10. The maximum absolute atomic E-state index is 12.5. The molecule has 0 spiro atoms. The molecule has 4 nitrogen and oxygen atoms in total. The van der Waals surface area contributed by atoms with Crippen molar-refractivity contribution in [3.8, 4) is 5.75 Å². The second kappa shape index (κ2) is 5.42. The Bertz CT molecular complexity index is 565. The lowest BCUT2D eigenvalue weighted by molar-refractivity contribution is 0.397. The van der Waals surface area contributed by atoms with Crippen LogP contribution in [0.2, 0.25) is 0 Å². The number of ether oxygens (including phenoxy) is 1. The molecular weight excluding hydrogens is 330 g/mol. The van der Waals surface area contributed by atoms with Gasteiger partial charge in [-0.05, 0) is 38.0 Å². The van der Waals surface area contributed by atoms with Gasteiger partial charge in [-0.3, -0.25) is 0 Å². The largest absolute Gasteiger partial charge is 0.495 e. The Kier molecular flexibility index (Phi) is 4.23. The van der Waals surface area contributed by atoms with Gasteiger partial charge in [-0.15, -0.1) is 0 Å². The fourth-order valence-electron chi connectivity index (χ4n) is 2.50. The lowest BCUT2D eigenvalue weighted by Gasteiger charge is -2.25. The third kappa shape index (κ3) is 3.30. The van der Waals surface area contributed by atoms with Crippen molar-refractivity contribution in [3.63, 3.8) is 0 Å². The van der Waals surface area contributed by atoms with Crippen molar-refractivity contribution < 1.29 is 13.2 Å². The minimum atomic E-state index is -3.57. The third-order valence-corrected chi connectivity index (χ3v) is 5.66. The number of halogens is 1. The highest BCUT2D eigenvalue weighted by Gasteiger charge is 2.34. The summed E-state index contributed by atoms with van der Waals surface area (Å²) < 4.78 is 33.7. The van der Waals surface area contributed by atoms with Crippen molar-refractivity contribution in [1.29, 1.82) is 0 Å². The molecule has 19 heavy (non-hydrogen) atoms. The van der Waals surface area contributed by atoms with Crippen molar-refractivity contribution >= 4 is 26.0 Å². The summed E-state index contributed by atoms with van der Waals surface area (Å²) in [5.41, 5.74) is -0.341. The van der Waals surface area contributed by atoms with Gasteiger partial charge in [0.05, 0.1) is 7.11 Å². The summed E-state index contributed by atoms with van der Waals surface area (Å²) in [6.07, 6.45) is 3.88. The van der Waals surface area contributed by atoms with Crippen LogP contribution in [0, 0.1) is 0 Å². The van der Waals surface area contributed by atoms with E-state index in [0.717, 1.165) is 25.7 Å². The average Bonchev–Trinajstić information content (AvgIpc) is 2.74. The minimum absolute atomic E-state index is 0.178. The van der Waals surface area contributed by atoms with Crippen LogP contribution in [0.3, 0.4) is 0 Å².